The molecular weight excluding hydrogens is 395 g/mol. The normalized spacial score (nSPS) is 10.4. The molecule has 0 unspecified atom stereocenters. The van der Waals surface area contributed by atoms with Crippen molar-refractivity contribution in [3.8, 4) is 0 Å². The molecule has 0 aliphatic heterocycles. The largest absolute Gasteiger partial charge is 0.398 e. The summed E-state index contributed by atoms with van der Waals surface area (Å²) in [4.78, 5) is 13.1. The van der Waals surface area contributed by atoms with E-state index in [2.05, 4.69) is 27.9 Å². The molecule has 0 spiro atoms. The zero-order valence-electron chi connectivity index (χ0n) is 11.9. The van der Waals surface area contributed by atoms with Crippen LogP contribution >= 0.6 is 34.4 Å². The summed E-state index contributed by atoms with van der Waals surface area (Å²) in [7, 11) is 0. The maximum absolute atomic E-state index is 12.1. The first kappa shape index (κ1) is 16.2. The summed E-state index contributed by atoms with van der Waals surface area (Å²) in [5.41, 5.74) is 9.59. The zero-order chi connectivity index (χ0) is 15.4. The second kappa shape index (κ2) is 7.17. The van der Waals surface area contributed by atoms with Crippen molar-refractivity contribution in [1.82, 2.24) is 0 Å². The van der Waals surface area contributed by atoms with Gasteiger partial charge in [0.1, 0.15) is 0 Å². The number of carbonyl (C=O) groups excluding carboxylic acids is 1. The van der Waals surface area contributed by atoms with Gasteiger partial charge < -0.3 is 11.1 Å². The third-order valence-electron chi connectivity index (χ3n) is 3.15. The van der Waals surface area contributed by atoms with E-state index in [1.807, 2.05) is 50.2 Å². The Morgan fingerprint density at radius 3 is 2.76 bits per heavy atom. The Kier molecular flexibility index (Phi) is 5.52. The Bertz CT molecular complexity index is 673. The van der Waals surface area contributed by atoms with Crippen molar-refractivity contribution in [3.05, 3.63) is 51.1 Å². The van der Waals surface area contributed by atoms with Gasteiger partial charge in [0.05, 0.1) is 5.75 Å². The van der Waals surface area contributed by atoms with Gasteiger partial charge in [0.15, 0.2) is 0 Å². The quantitative estimate of drug-likeness (QED) is 0.449. The van der Waals surface area contributed by atoms with Crippen molar-refractivity contribution in [1.29, 1.82) is 0 Å². The molecule has 0 saturated carbocycles. The molecule has 2 aromatic carbocycles. The Morgan fingerprint density at radius 2 is 2.05 bits per heavy atom. The van der Waals surface area contributed by atoms with E-state index < -0.39 is 0 Å². The molecule has 1 amide bonds. The van der Waals surface area contributed by atoms with Crippen molar-refractivity contribution >= 4 is 51.6 Å². The first-order valence-electron chi connectivity index (χ1n) is 6.51. The predicted octanol–water partition coefficient (Wildman–Crippen LogP) is 4.22. The highest BCUT2D eigenvalue weighted by atomic mass is 127. The third kappa shape index (κ3) is 4.38. The van der Waals surface area contributed by atoms with E-state index in [1.165, 1.54) is 11.8 Å². The fraction of sp³-hybridized carbons (Fsp3) is 0.188. The van der Waals surface area contributed by atoms with Crippen LogP contribution in [0.2, 0.25) is 0 Å². The molecule has 21 heavy (non-hydrogen) atoms. The van der Waals surface area contributed by atoms with Crippen LogP contribution in [0.5, 0.6) is 0 Å². The highest BCUT2D eigenvalue weighted by Crippen LogP contribution is 2.26. The van der Waals surface area contributed by atoms with Crippen molar-refractivity contribution in [2.75, 3.05) is 16.8 Å². The minimum absolute atomic E-state index is 0.00821. The molecule has 110 valence electrons. The average molecular weight is 412 g/mol. The molecule has 0 atom stereocenters. The number of nitrogen functional groups attached to an aromatic ring is 1. The number of thioether (sulfide) groups is 1. The highest BCUT2D eigenvalue weighted by molar-refractivity contribution is 14.1. The maximum Gasteiger partial charge on any atom is 0.234 e. The van der Waals surface area contributed by atoms with Gasteiger partial charge in [-0.3, -0.25) is 4.79 Å². The molecule has 0 bridgehead atoms. The van der Waals surface area contributed by atoms with Gasteiger partial charge in [0, 0.05) is 19.8 Å². The molecule has 0 aliphatic carbocycles. The lowest BCUT2D eigenvalue weighted by Crippen LogP contribution is -2.15. The standard InChI is InChI=1S/C16H17IN2OS/c1-10-8-12(17)6-7-14(10)19-16(20)9-21-15-5-3-4-13(18)11(15)2/h3-8H,9,18H2,1-2H3,(H,19,20). The van der Waals surface area contributed by atoms with Crippen molar-refractivity contribution in [3.63, 3.8) is 0 Å². The highest BCUT2D eigenvalue weighted by Gasteiger charge is 2.08. The number of benzene rings is 2. The van der Waals surface area contributed by atoms with Crippen molar-refractivity contribution in [2.45, 2.75) is 18.7 Å². The number of hydrogen-bond donors (Lipinski definition) is 2. The maximum atomic E-state index is 12.1. The molecule has 0 heterocycles. The minimum atomic E-state index is -0.00821. The number of hydrogen-bond acceptors (Lipinski definition) is 3. The Balaban J connectivity index is 1.97. The van der Waals surface area contributed by atoms with Crippen LogP contribution in [-0.2, 0) is 4.79 Å². The second-order valence-corrected chi connectivity index (χ2v) is 7.03. The lowest BCUT2D eigenvalue weighted by molar-refractivity contribution is -0.113. The molecule has 0 saturated heterocycles. The van der Waals surface area contributed by atoms with Gasteiger partial charge >= 0.3 is 0 Å². The van der Waals surface area contributed by atoms with Gasteiger partial charge in [0.25, 0.3) is 0 Å². The van der Waals surface area contributed by atoms with E-state index in [-0.39, 0.29) is 5.91 Å². The van der Waals surface area contributed by atoms with E-state index in [4.69, 9.17) is 5.73 Å². The second-order valence-electron chi connectivity index (χ2n) is 4.77. The van der Waals surface area contributed by atoms with E-state index in [9.17, 15) is 4.79 Å². The molecule has 3 N–H and O–H groups in total. The molecule has 3 nitrogen and oxygen atoms in total. The van der Waals surface area contributed by atoms with Crippen molar-refractivity contribution < 1.29 is 4.79 Å². The first-order chi connectivity index (χ1) is 9.97. The lowest BCUT2D eigenvalue weighted by Gasteiger charge is -2.10. The molecule has 0 fully saturated rings. The van der Waals surface area contributed by atoms with Crippen LogP contribution in [0.15, 0.2) is 41.3 Å². The smallest absolute Gasteiger partial charge is 0.234 e. The number of halogens is 1. The summed E-state index contributed by atoms with van der Waals surface area (Å²) >= 11 is 3.76. The summed E-state index contributed by atoms with van der Waals surface area (Å²) < 4.78 is 1.16. The molecule has 2 rings (SSSR count). The SMILES string of the molecule is Cc1cc(I)ccc1NC(=O)CSc1cccc(N)c1C. The van der Waals surface area contributed by atoms with Crippen LogP contribution in [0.1, 0.15) is 11.1 Å². The van der Waals surface area contributed by atoms with E-state index in [0.29, 0.717) is 5.75 Å². The van der Waals surface area contributed by atoms with Crippen LogP contribution in [0.3, 0.4) is 0 Å². The summed E-state index contributed by atoms with van der Waals surface area (Å²) in [6.45, 7) is 3.96. The number of carbonyl (C=O) groups is 1. The summed E-state index contributed by atoms with van der Waals surface area (Å²) in [6.07, 6.45) is 0. The first-order valence-corrected chi connectivity index (χ1v) is 8.57. The van der Waals surface area contributed by atoms with Gasteiger partial charge in [-0.1, -0.05) is 6.07 Å². The summed E-state index contributed by atoms with van der Waals surface area (Å²) in [5, 5.41) is 2.95. The van der Waals surface area contributed by atoms with Gasteiger partial charge in [-0.2, -0.15) is 0 Å². The van der Waals surface area contributed by atoms with Crippen LogP contribution in [0.25, 0.3) is 0 Å². The topological polar surface area (TPSA) is 55.1 Å². The summed E-state index contributed by atoms with van der Waals surface area (Å²) in [6, 6.07) is 11.7. The van der Waals surface area contributed by atoms with Crippen LogP contribution in [-0.4, -0.2) is 11.7 Å². The number of aryl methyl sites for hydroxylation is 1. The molecule has 0 radical (unpaired) electrons. The zero-order valence-corrected chi connectivity index (χ0v) is 14.9. The van der Waals surface area contributed by atoms with Crippen LogP contribution in [0.4, 0.5) is 11.4 Å². The van der Waals surface area contributed by atoms with E-state index >= 15 is 0 Å². The number of nitrogens with one attached hydrogen (secondary N) is 1. The minimum Gasteiger partial charge on any atom is -0.398 e. The molecular formula is C16H17IN2OS. The van der Waals surface area contributed by atoms with Gasteiger partial charge in [-0.05, 0) is 77.9 Å². The number of rotatable bonds is 4. The van der Waals surface area contributed by atoms with Gasteiger partial charge in [-0.15, -0.1) is 11.8 Å². The molecule has 2 aromatic rings. The molecule has 0 aliphatic rings. The Labute approximate surface area is 142 Å². The lowest BCUT2D eigenvalue weighted by atomic mass is 10.2. The number of amides is 1. The van der Waals surface area contributed by atoms with Crippen LogP contribution < -0.4 is 11.1 Å². The third-order valence-corrected chi connectivity index (χ3v) is 4.98. The number of nitrogens with two attached hydrogens (primary N) is 1. The van der Waals surface area contributed by atoms with E-state index in [0.717, 1.165) is 31.0 Å². The Morgan fingerprint density at radius 1 is 1.29 bits per heavy atom. The molecule has 5 heteroatoms. The number of anilines is 2. The molecule has 0 aromatic heterocycles. The van der Waals surface area contributed by atoms with E-state index in [1.54, 1.807) is 0 Å². The van der Waals surface area contributed by atoms with Gasteiger partial charge in [-0.25, -0.2) is 0 Å². The van der Waals surface area contributed by atoms with Crippen LogP contribution in [0, 0.1) is 17.4 Å². The summed E-state index contributed by atoms with van der Waals surface area (Å²) in [5.74, 6) is 0.363. The monoisotopic (exact) mass is 412 g/mol. The predicted molar refractivity (Wildman–Crippen MR) is 98.8 cm³/mol. The average Bonchev–Trinajstić information content (AvgIpc) is 2.43. The Hall–Kier alpha value is -1.21. The van der Waals surface area contributed by atoms with Crippen molar-refractivity contribution in [2.24, 2.45) is 0 Å². The fourth-order valence-electron chi connectivity index (χ4n) is 1.88. The fourth-order valence-corrected chi connectivity index (χ4v) is 3.40. The van der Waals surface area contributed by atoms with Gasteiger partial charge in [0.2, 0.25) is 5.91 Å².